The van der Waals surface area contributed by atoms with Crippen molar-refractivity contribution in [3.05, 3.63) is 97.2 Å². The van der Waals surface area contributed by atoms with Crippen LogP contribution in [-0.2, 0) is 28.6 Å². The molecule has 73 heavy (non-hydrogen) atoms. The Balaban J connectivity index is 4.51. The first-order chi connectivity index (χ1) is 36.0. The van der Waals surface area contributed by atoms with E-state index in [1.807, 2.05) is 6.08 Å². The molecule has 0 saturated heterocycles. The largest absolute Gasteiger partial charge is 0.462 e. The van der Waals surface area contributed by atoms with E-state index in [4.69, 9.17) is 14.2 Å². The fourth-order valence-electron chi connectivity index (χ4n) is 8.43. The molecule has 0 aromatic rings. The van der Waals surface area contributed by atoms with Crippen molar-refractivity contribution in [1.29, 1.82) is 0 Å². The Kier molecular flexibility index (Phi) is 57.8. The third kappa shape index (κ3) is 59.1. The molecule has 0 N–H and O–H groups in total. The zero-order valence-electron chi connectivity index (χ0n) is 47.9. The quantitative estimate of drug-likeness (QED) is 0.0261. The summed E-state index contributed by atoms with van der Waals surface area (Å²) in [5.41, 5.74) is 0. The smallest absolute Gasteiger partial charge is 0.306 e. The second-order valence-corrected chi connectivity index (χ2v) is 20.3. The van der Waals surface area contributed by atoms with Crippen LogP contribution in [0.2, 0.25) is 0 Å². The maximum atomic E-state index is 12.9. The van der Waals surface area contributed by atoms with Crippen LogP contribution in [0.25, 0.3) is 0 Å². The van der Waals surface area contributed by atoms with Gasteiger partial charge in [0.05, 0.1) is 0 Å². The fraction of sp³-hybridized carbons (Fsp3) is 0.716. The van der Waals surface area contributed by atoms with Gasteiger partial charge in [-0.2, -0.15) is 0 Å². The second-order valence-electron chi connectivity index (χ2n) is 20.3. The van der Waals surface area contributed by atoms with E-state index in [0.717, 1.165) is 89.9 Å². The molecule has 0 aliphatic rings. The Labute approximate surface area is 451 Å². The molecule has 0 fully saturated rings. The van der Waals surface area contributed by atoms with Crippen LogP contribution in [0.3, 0.4) is 0 Å². The first-order valence-electron chi connectivity index (χ1n) is 30.7. The molecule has 0 rings (SSSR count). The molecule has 0 aromatic carbocycles. The average Bonchev–Trinajstić information content (AvgIpc) is 3.39. The third-order valence-electron chi connectivity index (χ3n) is 13.1. The van der Waals surface area contributed by atoms with Gasteiger partial charge in [-0.25, -0.2) is 0 Å². The third-order valence-corrected chi connectivity index (χ3v) is 13.1. The number of carbonyl (C=O) groups is 3. The van der Waals surface area contributed by atoms with Gasteiger partial charge in [-0.3, -0.25) is 14.4 Å². The minimum Gasteiger partial charge on any atom is -0.462 e. The Morgan fingerprint density at radius 3 is 0.877 bits per heavy atom. The van der Waals surface area contributed by atoms with Gasteiger partial charge in [0.25, 0.3) is 0 Å². The van der Waals surface area contributed by atoms with Gasteiger partial charge in [0.15, 0.2) is 6.10 Å². The SMILES string of the molecule is CCCCC/C=C\C/C=C\C/C=C\C/C=C\C/C=C\CCC(=O)OC[C@H](COC(=O)CCCCCC/C=C\C/C=C\C/C=C\CCCCC)OC(=O)CCCCCCCCCCCCCCCCCCCCC. The predicted octanol–water partition coefficient (Wildman–Crippen LogP) is 20.9. The predicted molar refractivity (Wildman–Crippen MR) is 316 cm³/mol. The summed E-state index contributed by atoms with van der Waals surface area (Å²) in [7, 11) is 0. The van der Waals surface area contributed by atoms with E-state index in [2.05, 4.69) is 112 Å². The van der Waals surface area contributed by atoms with Crippen LogP contribution >= 0.6 is 0 Å². The Morgan fingerprint density at radius 2 is 0.521 bits per heavy atom. The highest BCUT2D eigenvalue weighted by molar-refractivity contribution is 5.71. The van der Waals surface area contributed by atoms with E-state index >= 15 is 0 Å². The number of esters is 3. The molecule has 0 saturated carbocycles. The van der Waals surface area contributed by atoms with E-state index in [1.165, 1.54) is 154 Å². The zero-order valence-corrected chi connectivity index (χ0v) is 47.9. The molecule has 0 heterocycles. The number of ether oxygens (including phenoxy) is 3. The minimum absolute atomic E-state index is 0.111. The van der Waals surface area contributed by atoms with E-state index in [0.29, 0.717) is 19.3 Å². The standard InChI is InChI=1S/C67H114O6/c1-4-7-10-13-16-19-22-25-28-31-33-36-39-42-45-48-51-54-57-60-66(69)72-63-64(62-71-65(68)59-56-53-50-47-44-41-38-35-30-27-24-21-18-15-12-9-6-3)73-67(70)61-58-55-52-49-46-43-40-37-34-32-29-26-23-20-17-14-11-8-5-2/h16,18-19,21,25,27-28,30,33,36,38,41-42,45,51,54,64H,4-15,17,20,22-24,26,29,31-32,34-35,37,39-40,43-44,46-50,52-53,55-63H2,1-3H3/b19-16-,21-18-,28-25-,30-27-,36-33-,41-38-,45-42-,54-51-/t64-/m0/s1. The average molecular weight is 1020 g/mol. The number of hydrogen-bond donors (Lipinski definition) is 0. The number of allylic oxidation sites excluding steroid dienone is 16. The van der Waals surface area contributed by atoms with Crippen molar-refractivity contribution in [3.8, 4) is 0 Å². The summed E-state index contributed by atoms with van der Waals surface area (Å²) >= 11 is 0. The van der Waals surface area contributed by atoms with Crippen molar-refractivity contribution in [3.63, 3.8) is 0 Å². The number of rotatable bonds is 55. The van der Waals surface area contributed by atoms with Gasteiger partial charge in [0, 0.05) is 19.3 Å². The summed E-state index contributed by atoms with van der Waals surface area (Å²) in [6.45, 7) is 6.53. The monoisotopic (exact) mass is 1010 g/mol. The van der Waals surface area contributed by atoms with Crippen molar-refractivity contribution in [2.45, 2.75) is 297 Å². The molecule has 0 aliphatic heterocycles. The molecule has 6 nitrogen and oxygen atoms in total. The molecule has 0 unspecified atom stereocenters. The van der Waals surface area contributed by atoms with Gasteiger partial charge in [-0.05, 0) is 96.3 Å². The van der Waals surface area contributed by atoms with Crippen LogP contribution in [0.5, 0.6) is 0 Å². The lowest BCUT2D eigenvalue weighted by Crippen LogP contribution is -2.30. The number of carbonyl (C=O) groups excluding carboxylic acids is 3. The molecule has 0 aliphatic carbocycles. The summed E-state index contributed by atoms with van der Waals surface area (Å²) in [5.74, 6) is -1.01. The van der Waals surface area contributed by atoms with E-state index in [-0.39, 0.29) is 37.5 Å². The van der Waals surface area contributed by atoms with Crippen LogP contribution in [-0.4, -0.2) is 37.2 Å². The van der Waals surface area contributed by atoms with Gasteiger partial charge in [-0.15, -0.1) is 0 Å². The highest BCUT2D eigenvalue weighted by Crippen LogP contribution is 2.16. The first-order valence-corrected chi connectivity index (χ1v) is 30.7. The Morgan fingerprint density at radius 1 is 0.274 bits per heavy atom. The number of hydrogen-bond acceptors (Lipinski definition) is 6. The summed E-state index contributed by atoms with van der Waals surface area (Å²) in [4.78, 5) is 38.2. The molecule has 0 aromatic heterocycles. The van der Waals surface area contributed by atoms with E-state index in [9.17, 15) is 14.4 Å². The lowest BCUT2D eigenvalue weighted by molar-refractivity contribution is -0.166. The maximum absolute atomic E-state index is 12.9. The Hall–Kier alpha value is -3.67. The maximum Gasteiger partial charge on any atom is 0.306 e. The van der Waals surface area contributed by atoms with Gasteiger partial charge >= 0.3 is 17.9 Å². The molecule has 0 spiro atoms. The van der Waals surface area contributed by atoms with Crippen molar-refractivity contribution in [2.24, 2.45) is 0 Å². The zero-order chi connectivity index (χ0) is 52.9. The van der Waals surface area contributed by atoms with Crippen molar-refractivity contribution in [2.75, 3.05) is 13.2 Å². The highest BCUT2D eigenvalue weighted by atomic mass is 16.6. The van der Waals surface area contributed by atoms with Crippen LogP contribution in [0.4, 0.5) is 0 Å². The van der Waals surface area contributed by atoms with Crippen molar-refractivity contribution in [1.82, 2.24) is 0 Å². The van der Waals surface area contributed by atoms with Gasteiger partial charge in [0.2, 0.25) is 0 Å². The molecule has 418 valence electrons. The summed E-state index contributed by atoms with van der Waals surface area (Å²) in [5, 5.41) is 0. The van der Waals surface area contributed by atoms with Crippen LogP contribution in [0.1, 0.15) is 290 Å². The van der Waals surface area contributed by atoms with Crippen LogP contribution in [0, 0.1) is 0 Å². The molecule has 0 radical (unpaired) electrons. The molecule has 6 heteroatoms. The lowest BCUT2D eigenvalue weighted by atomic mass is 10.0. The topological polar surface area (TPSA) is 78.9 Å². The highest BCUT2D eigenvalue weighted by Gasteiger charge is 2.19. The van der Waals surface area contributed by atoms with Crippen LogP contribution in [0.15, 0.2) is 97.2 Å². The van der Waals surface area contributed by atoms with Crippen molar-refractivity contribution < 1.29 is 28.6 Å². The van der Waals surface area contributed by atoms with Gasteiger partial charge in [0.1, 0.15) is 13.2 Å². The molecular weight excluding hydrogens is 901 g/mol. The Bertz CT molecular complexity index is 1440. The lowest BCUT2D eigenvalue weighted by Gasteiger charge is -2.18. The van der Waals surface area contributed by atoms with Gasteiger partial charge < -0.3 is 14.2 Å². The summed E-state index contributed by atoms with van der Waals surface area (Å²) in [6.07, 6.45) is 81.3. The summed E-state index contributed by atoms with van der Waals surface area (Å²) in [6, 6.07) is 0. The summed E-state index contributed by atoms with van der Waals surface area (Å²) < 4.78 is 16.8. The van der Waals surface area contributed by atoms with E-state index in [1.54, 1.807) is 0 Å². The second kappa shape index (κ2) is 60.9. The minimum atomic E-state index is -0.817. The number of unbranched alkanes of at least 4 members (excludes halogenated alkanes) is 28. The molecule has 0 bridgehead atoms. The van der Waals surface area contributed by atoms with Crippen LogP contribution < -0.4 is 0 Å². The molecular formula is C67H114O6. The molecule has 1 atom stereocenters. The normalized spacial score (nSPS) is 12.8. The van der Waals surface area contributed by atoms with E-state index < -0.39 is 6.10 Å². The fourth-order valence-corrected chi connectivity index (χ4v) is 8.43. The first kappa shape index (κ1) is 69.3. The van der Waals surface area contributed by atoms with Gasteiger partial charge in [-0.1, -0.05) is 272 Å². The van der Waals surface area contributed by atoms with Crippen molar-refractivity contribution >= 4 is 17.9 Å². The molecule has 0 amide bonds.